The molecule has 1 aliphatic rings. The molecule has 0 unspecified atom stereocenters. The Morgan fingerprint density at radius 1 is 1.23 bits per heavy atom. The summed E-state index contributed by atoms with van der Waals surface area (Å²) in [6.07, 6.45) is 0. The fraction of sp³-hybridized carbons (Fsp3) is 0.350. The van der Waals surface area contributed by atoms with Gasteiger partial charge in [-0.25, -0.2) is 13.9 Å². The summed E-state index contributed by atoms with van der Waals surface area (Å²) in [7, 11) is -3.97. The van der Waals surface area contributed by atoms with E-state index in [0.717, 1.165) is 9.87 Å². The zero-order valence-corrected chi connectivity index (χ0v) is 20.0. The molecule has 1 aliphatic heterocycles. The number of hydrogen-bond donors (Lipinski definition) is 2. The van der Waals surface area contributed by atoms with Crippen molar-refractivity contribution in [2.24, 2.45) is 0 Å². The SMILES string of the molecule is CC1(C)SCCN(S(=O)(=O)c2ccc(OCc3cc(Cl)cc(Cl)c3)cc2)[C@H]1C(=O)NO. The molecular formula is C20H22Cl2N2O5S2. The third-order valence-electron chi connectivity index (χ3n) is 4.85. The lowest BCUT2D eigenvalue weighted by Gasteiger charge is -2.43. The molecule has 3 rings (SSSR count). The summed E-state index contributed by atoms with van der Waals surface area (Å²) in [6.45, 7) is 3.92. The number of halogens is 2. The summed E-state index contributed by atoms with van der Waals surface area (Å²) in [6, 6.07) is 9.98. The molecule has 0 saturated carbocycles. The normalized spacial score (nSPS) is 19.1. The van der Waals surface area contributed by atoms with Gasteiger partial charge in [0.1, 0.15) is 18.4 Å². The van der Waals surface area contributed by atoms with Gasteiger partial charge in [0.05, 0.1) is 4.90 Å². The number of hydrogen-bond acceptors (Lipinski definition) is 6. The fourth-order valence-corrected chi connectivity index (χ4v) is 7.10. The highest BCUT2D eigenvalue weighted by atomic mass is 35.5. The van der Waals surface area contributed by atoms with Crippen LogP contribution in [0.25, 0.3) is 0 Å². The maximum atomic E-state index is 13.3. The Kier molecular flexibility index (Phi) is 7.45. The predicted octanol–water partition coefficient (Wildman–Crippen LogP) is 3.96. The molecule has 0 radical (unpaired) electrons. The molecule has 2 aromatic carbocycles. The van der Waals surface area contributed by atoms with Crippen LogP contribution in [0.4, 0.5) is 0 Å². The quantitative estimate of drug-likeness (QED) is 0.456. The van der Waals surface area contributed by atoms with Crippen LogP contribution in [0.1, 0.15) is 19.4 Å². The second-order valence-electron chi connectivity index (χ2n) is 7.48. The van der Waals surface area contributed by atoms with E-state index < -0.39 is 26.7 Å². The first-order chi connectivity index (χ1) is 14.5. The molecule has 7 nitrogen and oxygen atoms in total. The van der Waals surface area contributed by atoms with Gasteiger partial charge in [0, 0.05) is 27.1 Å². The van der Waals surface area contributed by atoms with Crippen LogP contribution in [0.2, 0.25) is 10.0 Å². The van der Waals surface area contributed by atoms with Crippen molar-refractivity contribution in [2.45, 2.75) is 36.1 Å². The molecule has 1 fully saturated rings. The minimum absolute atomic E-state index is 0.0316. The van der Waals surface area contributed by atoms with Gasteiger partial charge in [-0.05, 0) is 61.9 Å². The minimum atomic E-state index is -3.97. The van der Waals surface area contributed by atoms with Crippen LogP contribution < -0.4 is 10.2 Å². The van der Waals surface area contributed by atoms with Gasteiger partial charge < -0.3 is 4.74 Å². The van der Waals surface area contributed by atoms with E-state index in [1.807, 2.05) is 0 Å². The van der Waals surface area contributed by atoms with Crippen molar-refractivity contribution < 1.29 is 23.2 Å². The van der Waals surface area contributed by atoms with Gasteiger partial charge in [-0.1, -0.05) is 23.2 Å². The maximum Gasteiger partial charge on any atom is 0.263 e. The number of carbonyl (C=O) groups excluding carboxylic acids is 1. The van der Waals surface area contributed by atoms with Crippen molar-refractivity contribution in [1.29, 1.82) is 0 Å². The van der Waals surface area contributed by atoms with E-state index in [-0.39, 0.29) is 18.0 Å². The molecule has 0 aromatic heterocycles. The number of ether oxygens (including phenoxy) is 1. The van der Waals surface area contributed by atoms with E-state index in [4.69, 9.17) is 33.1 Å². The molecule has 1 saturated heterocycles. The standard InChI is InChI=1S/C20H22Cl2N2O5S2/c1-20(2)18(19(25)23-26)24(7-8-30-20)31(27,28)17-5-3-16(4-6-17)29-12-13-9-14(21)11-15(22)10-13/h3-6,9-11,18,26H,7-8,12H2,1-2H3,(H,23,25)/t18-/m0/s1. The van der Waals surface area contributed by atoms with Gasteiger partial charge in [0.25, 0.3) is 5.91 Å². The smallest absolute Gasteiger partial charge is 0.263 e. The van der Waals surface area contributed by atoms with Crippen LogP contribution in [0.3, 0.4) is 0 Å². The average molecular weight is 505 g/mol. The van der Waals surface area contributed by atoms with Crippen LogP contribution in [0.5, 0.6) is 5.75 Å². The molecule has 1 heterocycles. The van der Waals surface area contributed by atoms with Gasteiger partial charge in [0.15, 0.2) is 0 Å². The lowest BCUT2D eigenvalue weighted by Crippen LogP contribution is -2.61. The van der Waals surface area contributed by atoms with E-state index in [9.17, 15) is 13.2 Å². The van der Waals surface area contributed by atoms with Crippen LogP contribution in [-0.4, -0.2) is 46.9 Å². The van der Waals surface area contributed by atoms with Crippen molar-refractivity contribution in [3.63, 3.8) is 0 Å². The van der Waals surface area contributed by atoms with E-state index in [0.29, 0.717) is 21.5 Å². The first-order valence-electron chi connectivity index (χ1n) is 9.32. The Bertz CT molecular complexity index is 1040. The van der Waals surface area contributed by atoms with Crippen LogP contribution in [0, 0.1) is 0 Å². The summed E-state index contributed by atoms with van der Waals surface area (Å²) < 4.78 is 32.6. The van der Waals surface area contributed by atoms with Crippen LogP contribution in [0.15, 0.2) is 47.4 Å². The molecule has 0 bridgehead atoms. The van der Waals surface area contributed by atoms with E-state index >= 15 is 0 Å². The van der Waals surface area contributed by atoms with Crippen molar-refractivity contribution in [3.05, 3.63) is 58.1 Å². The Morgan fingerprint density at radius 3 is 2.42 bits per heavy atom. The Morgan fingerprint density at radius 2 is 1.84 bits per heavy atom. The molecule has 1 atom stereocenters. The predicted molar refractivity (Wildman–Crippen MR) is 121 cm³/mol. The Balaban J connectivity index is 1.79. The molecule has 0 aliphatic carbocycles. The number of nitrogens with zero attached hydrogens (tertiary/aromatic N) is 1. The first-order valence-corrected chi connectivity index (χ1v) is 12.5. The van der Waals surface area contributed by atoms with Crippen molar-refractivity contribution in [3.8, 4) is 5.75 Å². The zero-order chi connectivity index (χ0) is 22.8. The molecule has 0 spiro atoms. The second-order valence-corrected chi connectivity index (χ2v) is 12.0. The lowest BCUT2D eigenvalue weighted by atomic mass is 10.0. The lowest BCUT2D eigenvalue weighted by molar-refractivity contribution is -0.134. The highest BCUT2D eigenvalue weighted by molar-refractivity contribution is 8.00. The number of benzene rings is 2. The molecule has 168 valence electrons. The van der Waals surface area contributed by atoms with Crippen LogP contribution in [-0.2, 0) is 21.4 Å². The highest BCUT2D eigenvalue weighted by Crippen LogP contribution is 2.38. The van der Waals surface area contributed by atoms with Crippen LogP contribution >= 0.6 is 35.0 Å². The van der Waals surface area contributed by atoms with Crippen molar-refractivity contribution >= 4 is 50.9 Å². The number of amides is 1. The molecular weight excluding hydrogens is 483 g/mol. The molecule has 11 heteroatoms. The Labute approximate surface area is 195 Å². The van der Waals surface area contributed by atoms with E-state index in [2.05, 4.69) is 0 Å². The molecule has 2 aromatic rings. The second kappa shape index (κ2) is 9.56. The molecule has 2 N–H and O–H groups in total. The summed E-state index contributed by atoms with van der Waals surface area (Å²) in [4.78, 5) is 12.3. The highest BCUT2D eigenvalue weighted by Gasteiger charge is 2.48. The van der Waals surface area contributed by atoms with E-state index in [1.54, 1.807) is 49.7 Å². The molecule has 1 amide bonds. The first kappa shape index (κ1) is 24.2. The number of thioether (sulfide) groups is 1. The average Bonchev–Trinajstić information content (AvgIpc) is 2.70. The van der Waals surface area contributed by atoms with Crippen molar-refractivity contribution in [1.82, 2.24) is 9.79 Å². The number of sulfonamides is 1. The fourth-order valence-electron chi connectivity index (χ4n) is 3.42. The van der Waals surface area contributed by atoms with Gasteiger partial charge in [-0.3, -0.25) is 10.0 Å². The third-order valence-corrected chi connectivity index (χ3v) is 8.52. The number of carbonyl (C=O) groups is 1. The van der Waals surface area contributed by atoms with Crippen molar-refractivity contribution in [2.75, 3.05) is 12.3 Å². The summed E-state index contributed by atoms with van der Waals surface area (Å²) >= 11 is 13.4. The topological polar surface area (TPSA) is 95.9 Å². The van der Waals surface area contributed by atoms with Gasteiger partial charge in [0.2, 0.25) is 10.0 Å². The monoisotopic (exact) mass is 504 g/mol. The van der Waals surface area contributed by atoms with Gasteiger partial charge >= 0.3 is 0 Å². The third kappa shape index (κ3) is 5.47. The summed E-state index contributed by atoms with van der Waals surface area (Å²) in [5.74, 6) is 0.236. The molecule has 31 heavy (non-hydrogen) atoms. The van der Waals surface area contributed by atoms with E-state index in [1.165, 1.54) is 23.9 Å². The Hall–Kier alpha value is -1.49. The zero-order valence-electron chi connectivity index (χ0n) is 16.8. The largest absolute Gasteiger partial charge is 0.489 e. The number of rotatable bonds is 6. The summed E-state index contributed by atoms with van der Waals surface area (Å²) in [5, 5.41) is 10.1. The summed E-state index contributed by atoms with van der Waals surface area (Å²) in [5.41, 5.74) is 2.37. The minimum Gasteiger partial charge on any atom is -0.489 e. The number of nitrogens with one attached hydrogen (secondary N) is 1. The maximum absolute atomic E-state index is 13.3. The van der Waals surface area contributed by atoms with Gasteiger partial charge in [-0.2, -0.15) is 16.1 Å². The van der Waals surface area contributed by atoms with Gasteiger partial charge in [-0.15, -0.1) is 0 Å². The number of hydroxylamine groups is 1.